The Kier molecular flexibility index (Phi) is 5.96. The Morgan fingerprint density at radius 2 is 0.913 bits per heavy atom. The summed E-state index contributed by atoms with van der Waals surface area (Å²) in [5, 5.41) is 20.0. The number of rotatable bonds is 2. The molecule has 5 aliphatic rings. The van der Waals surface area contributed by atoms with Crippen LogP contribution < -0.4 is 21.3 Å². The molecule has 4 N–H and O–H groups in total. The summed E-state index contributed by atoms with van der Waals surface area (Å²) < 4.78 is 0. The van der Waals surface area contributed by atoms with Gasteiger partial charge in [0.15, 0.2) is 11.6 Å². The number of ketones is 2. The van der Waals surface area contributed by atoms with E-state index in [2.05, 4.69) is 97.5 Å². The topological polar surface area (TPSA) is 82.3 Å². The van der Waals surface area contributed by atoms with E-state index in [0.29, 0.717) is 23.7 Å². The molecule has 0 aromatic heterocycles. The van der Waals surface area contributed by atoms with Gasteiger partial charge in [-0.2, -0.15) is 0 Å². The van der Waals surface area contributed by atoms with E-state index >= 15 is 0 Å². The van der Waals surface area contributed by atoms with Crippen LogP contribution in [0.15, 0.2) is 60.7 Å². The summed E-state index contributed by atoms with van der Waals surface area (Å²) in [4.78, 5) is 28.8. The van der Waals surface area contributed by atoms with Crippen molar-refractivity contribution < 1.29 is 9.59 Å². The molecule has 0 bridgehead atoms. The number of anilines is 4. The molecule has 6 heteroatoms. The average Bonchev–Trinajstić information content (AvgIpc) is 2.98. The van der Waals surface area contributed by atoms with Crippen LogP contribution in [0.25, 0.3) is 21.5 Å². The zero-order chi connectivity index (χ0) is 31.5. The van der Waals surface area contributed by atoms with Gasteiger partial charge in [0.25, 0.3) is 0 Å². The molecule has 3 aliphatic carbocycles. The molecule has 0 radical (unpaired) electrons. The third-order valence-corrected chi connectivity index (χ3v) is 11.8. The lowest BCUT2D eigenvalue weighted by molar-refractivity contribution is -0.142. The number of carbonyl (C=O) groups is 2. The first-order valence-corrected chi connectivity index (χ1v) is 17.4. The molecule has 2 aliphatic heterocycles. The summed E-state index contributed by atoms with van der Waals surface area (Å²) in [5.41, 5.74) is 5.19. The molecule has 0 saturated heterocycles. The van der Waals surface area contributed by atoms with Gasteiger partial charge in [-0.1, -0.05) is 76.2 Å². The minimum Gasteiger partial charge on any atom is -0.362 e. The van der Waals surface area contributed by atoms with Crippen LogP contribution in [0, 0.1) is 23.7 Å². The monoisotopic (exact) mass is 612 g/mol. The predicted molar refractivity (Wildman–Crippen MR) is 188 cm³/mol. The van der Waals surface area contributed by atoms with Crippen molar-refractivity contribution in [1.82, 2.24) is 0 Å². The quantitative estimate of drug-likeness (QED) is 0.169. The van der Waals surface area contributed by atoms with Gasteiger partial charge in [-0.3, -0.25) is 9.59 Å². The molecule has 4 aromatic carbocycles. The third kappa shape index (κ3) is 4.07. The van der Waals surface area contributed by atoms with Gasteiger partial charge in [0.2, 0.25) is 0 Å². The largest absolute Gasteiger partial charge is 0.362 e. The molecular formula is C40H44N4O2. The maximum absolute atomic E-state index is 14.4. The molecular weight excluding hydrogens is 568 g/mol. The minimum absolute atomic E-state index is 0.00527. The summed E-state index contributed by atoms with van der Waals surface area (Å²) in [7, 11) is 0. The van der Waals surface area contributed by atoms with Crippen molar-refractivity contribution in [2.75, 3.05) is 21.3 Å². The maximum atomic E-state index is 14.4. The summed E-state index contributed by atoms with van der Waals surface area (Å²) in [5.74, 6) is 0.776. The zero-order valence-electron chi connectivity index (χ0n) is 27.3. The second-order valence-electron chi connectivity index (χ2n) is 15.9. The van der Waals surface area contributed by atoms with Crippen LogP contribution in [0.5, 0.6) is 0 Å². The molecule has 6 nitrogen and oxygen atoms in total. The van der Waals surface area contributed by atoms with Gasteiger partial charge in [-0.15, -0.1) is 0 Å². The zero-order valence-corrected chi connectivity index (χ0v) is 27.3. The summed E-state index contributed by atoms with van der Waals surface area (Å²) in [6, 6.07) is 20.9. The SMILES string of the molecule is CC1CC(C)CC2(C1)Nc1cccc3ccc(C4C(=O)C(c5ccc6cccc7c6c5NC5(CC(C)CC(C)C5)N7)C4=O)c(c13)N2. The van der Waals surface area contributed by atoms with Gasteiger partial charge in [0.05, 0.1) is 11.4 Å². The van der Waals surface area contributed by atoms with E-state index < -0.39 is 11.8 Å². The highest BCUT2D eigenvalue weighted by molar-refractivity contribution is 6.33. The van der Waals surface area contributed by atoms with Crippen molar-refractivity contribution in [3.63, 3.8) is 0 Å². The van der Waals surface area contributed by atoms with E-state index in [1.165, 1.54) is 12.8 Å². The van der Waals surface area contributed by atoms with Crippen molar-refractivity contribution in [2.24, 2.45) is 23.7 Å². The standard InChI is InChI=1S/C40H44N4O2/c1-21-15-22(2)18-39(17-21)41-29-9-5-7-25-11-13-27(35(43-39)31(25)29)33-37(45)34(38(33)46)28-14-12-26-8-6-10-30-32(26)36(28)44-40(42-30)19-23(3)16-24(4)20-40/h5-14,21-24,33-34,41-44H,15-20H2,1-4H3. The Morgan fingerprint density at radius 1 is 0.522 bits per heavy atom. The lowest BCUT2D eigenvalue weighted by atomic mass is 9.64. The molecule has 3 saturated carbocycles. The number of Topliss-reactive ketones (excluding diaryl/α,β-unsaturated/α-hetero) is 2. The molecule has 46 heavy (non-hydrogen) atoms. The number of hydrogen-bond donors (Lipinski definition) is 4. The fourth-order valence-corrected chi connectivity index (χ4v) is 10.6. The molecule has 4 aromatic rings. The molecule has 2 heterocycles. The molecule has 2 spiro atoms. The van der Waals surface area contributed by atoms with Crippen LogP contribution in [0.2, 0.25) is 0 Å². The normalized spacial score (nSPS) is 34.5. The summed E-state index contributed by atoms with van der Waals surface area (Å²) >= 11 is 0. The van der Waals surface area contributed by atoms with E-state index in [1.807, 2.05) is 12.1 Å². The van der Waals surface area contributed by atoms with Gasteiger partial charge in [0.1, 0.15) is 23.2 Å². The highest BCUT2D eigenvalue weighted by Crippen LogP contribution is 2.54. The van der Waals surface area contributed by atoms with Gasteiger partial charge in [-0.05, 0) is 96.2 Å². The van der Waals surface area contributed by atoms with Gasteiger partial charge >= 0.3 is 0 Å². The Bertz CT molecular complexity index is 1790. The maximum Gasteiger partial charge on any atom is 0.162 e. The lowest BCUT2D eigenvalue weighted by Crippen LogP contribution is -2.54. The second-order valence-corrected chi connectivity index (χ2v) is 15.9. The molecule has 9 rings (SSSR count). The van der Waals surface area contributed by atoms with Crippen LogP contribution in [-0.2, 0) is 9.59 Å². The summed E-state index contributed by atoms with van der Waals surface area (Å²) in [6.45, 7) is 9.32. The van der Waals surface area contributed by atoms with Gasteiger partial charge in [-0.25, -0.2) is 0 Å². The molecule has 4 unspecified atom stereocenters. The first kappa shape index (κ1) is 28.2. The third-order valence-electron chi connectivity index (χ3n) is 11.8. The van der Waals surface area contributed by atoms with Crippen molar-refractivity contribution in [3.8, 4) is 0 Å². The van der Waals surface area contributed by atoms with Crippen LogP contribution in [0.4, 0.5) is 22.7 Å². The molecule has 236 valence electrons. The first-order chi connectivity index (χ1) is 22.1. The van der Waals surface area contributed by atoms with Gasteiger partial charge in [0, 0.05) is 22.1 Å². The number of carbonyl (C=O) groups excluding carboxylic acids is 2. The van der Waals surface area contributed by atoms with Crippen molar-refractivity contribution in [3.05, 3.63) is 71.8 Å². The first-order valence-electron chi connectivity index (χ1n) is 17.4. The number of nitrogens with one attached hydrogen (secondary N) is 4. The Morgan fingerprint density at radius 3 is 1.30 bits per heavy atom. The van der Waals surface area contributed by atoms with E-state index in [9.17, 15) is 9.59 Å². The fourth-order valence-electron chi connectivity index (χ4n) is 10.6. The van der Waals surface area contributed by atoms with Crippen molar-refractivity contribution in [1.29, 1.82) is 0 Å². The van der Waals surface area contributed by atoms with Crippen LogP contribution in [0.3, 0.4) is 0 Å². The number of benzene rings is 4. The van der Waals surface area contributed by atoms with Crippen LogP contribution in [-0.4, -0.2) is 22.9 Å². The Hall–Kier alpha value is -4.06. The average molecular weight is 613 g/mol. The van der Waals surface area contributed by atoms with Crippen molar-refractivity contribution >= 4 is 55.9 Å². The fraction of sp³-hybridized carbons (Fsp3) is 0.450. The van der Waals surface area contributed by atoms with E-state index in [-0.39, 0.29) is 22.9 Å². The Balaban J connectivity index is 1.12. The smallest absolute Gasteiger partial charge is 0.162 e. The lowest BCUT2D eigenvalue weighted by Gasteiger charge is -2.49. The molecule has 4 atom stereocenters. The highest BCUT2D eigenvalue weighted by atomic mass is 16.2. The van der Waals surface area contributed by atoms with E-state index in [0.717, 1.165) is 81.1 Å². The minimum atomic E-state index is -0.762. The molecule has 3 fully saturated rings. The summed E-state index contributed by atoms with van der Waals surface area (Å²) in [6.07, 6.45) is 6.42. The molecule has 0 amide bonds. The predicted octanol–water partition coefficient (Wildman–Crippen LogP) is 8.99. The second kappa shape index (κ2) is 9.73. The van der Waals surface area contributed by atoms with Crippen LogP contribution in [0.1, 0.15) is 89.2 Å². The number of hydrogen-bond acceptors (Lipinski definition) is 6. The highest BCUT2D eigenvalue weighted by Gasteiger charge is 2.54. The van der Waals surface area contributed by atoms with E-state index in [4.69, 9.17) is 0 Å². The van der Waals surface area contributed by atoms with Gasteiger partial charge < -0.3 is 21.3 Å². The Labute approximate surface area is 271 Å². The van der Waals surface area contributed by atoms with Crippen LogP contribution >= 0.6 is 0 Å². The van der Waals surface area contributed by atoms with Crippen molar-refractivity contribution in [2.45, 2.75) is 89.4 Å². The van der Waals surface area contributed by atoms with E-state index in [1.54, 1.807) is 0 Å².